The number of carbonyl (C=O) groups excluding carboxylic acids is 1. The van der Waals surface area contributed by atoms with Gasteiger partial charge in [0.05, 0.1) is 13.1 Å². The fourth-order valence-corrected chi connectivity index (χ4v) is 7.70. The van der Waals surface area contributed by atoms with E-state index in [0.717, 1.165) is 48.3 Å². The highest BCUT2D eigenvalue weighted by Gasteiger charge is 2.39. The van der Waals surface area contributed by atoms with Crippen molar-refractivity contribution in [2.24, 2.45) is 0 Å². The highest BCUT2D eigenvalue weighted by Crippen LogP contribution is 2.34. The summed E-state index contributed by atoms with van der Waals surface area (Å²) in [5, 5.41) is 29.8. The lowest BCUT2D eigenvalue weighted by atomic mass is 9.84. The Bertz CT molecular complexity index is 1960. The van der Waals surface area contributed by atoms with Crippen LogP contribution in [-0.2, 0) is 27.9 Å². The topological polar surface area (TPSA) is 118 Å². The predicted molar refractivity (Wildman–Crippen MR) is 174 cm³/mol. The van der Waals surface area contributed by atoms with Crippen molar-refractivity contribution in [2.75, 3.05) is 11.4 Å². The summed E-state index contributed by atoms with van der Waals surface area (Å²) >= 11 is 6.04. The molecule has 266 valence electrons. The van der Waals surface area contributed by atoms with Crippen LogP contribution in [0.2, 0.25) is 5.02 Å². The zero-order valence-corrected chi connectivity index (χ0v) is 27.9. The van der Waals surface area contributed by atoms with Gasteiger partial charge >= 0.3 is 0 Å². The third-order valence-corrected chi connectivity index (χ3v) is 10.7. The van der Waals surface area contributed by atoms with Crippen LogP contribution >= 0.6 is 11.6 Å². The largest absolute Gasteiger partial charge is 0.507 e. The molecule has 1 aliphatic carbocycles. The van der Waals surface area contributed by atoms with Gasteiger partial charge in [-0.15, -0.1) is 0 Å². The molecule has 1 fully saturated rings. The lowest BCUT2D eigenvalue weighted by Gasteiger charge is -2.28. The quantitative estimate of drug-likeness (QED) is 0.0649. The number of anilines is 1. The molecule has 1 aliphatic rings. The summed E-state index contributed by atoms with van der Waals surface area (Å²) in [6.07, 6.45) is 3.38. The highest BCUT2D eigenvalue weighted by molar-refractivity contribution is 7.89. The minimum absolute atomic E-state index is 0.0374. The van der Waals surface area contributed by atoms with E-state index in [9.17, 15) is 50.5 Å². The molecule has 5 rings (SSSR count). The lowest BCUT2D eigenvalue weighted by molar-refractivity contribution is -0.119. The summed E-state index contributed by atoms with van der Waals surface area (Å²) in [7, 11) is -5.63. The minimum atomic E-state index is -5.63. The highest BCUT2D eigenvalue weighted by atomic mass is 35.5. The standard InChI is InChI=1S/C35H32ClF5N2O6S/c36-24-8-4-5-21(15-24)17-42(50(48,49)34-32(40)30(38)29(37)31(39)33(34)41)19-28(45)43(25-13-14-26(35(46)47)27(44)16-25)18-20-9-11-23(12-10-20)22-6-2-1-3-7-22/h4-5,8-16,22,35,44,46-47H,1-3,6-7,17-19H2. The number of aliphatic hydroxyl groups is 2. The van der Waals surface area contributed by atoms with Crippen molar-refractivity contribution in [3.63, 3.8) is 0 Å². The van der Waals surface area contributed by atoms with Gasteiger partial charge in [-0.25, -0.2) is 30.4 Å². The Morgan fingerprint density at radius 2 is 1.42 bits per heavy atom. The minimum Gasteiger partial charge on any atom is -0.507 e. The van der Waals surface area contributed by atoms with Gasteiger partial charge in [0.1, 0.15) is 5.75 Å². The molecule has 0 aromatic heterocycles. The molecule has 0 radical (unpaired) electrons. The number of hydrogen-bond donors (Lipinski definition) is 3. The van der Waals surface area contributed by atoms with Gasteiger partial charge in [-0.05, 0) is 59.7 Å². The number of rotatable bonds is 11. The molecule has 4 aromatic rings. The number of phenolic OH excluding ortho intramolecular Hbond substituents is 1. The maximum absolute atomic E-state index is 14.9. The number of carbonyl (C=O) groups is 1. The first-order chi connectivity index (χ1) is 23.7. The Labute approximate surface area is 290 Å². The number of nitrogens with zero attached hydrogens (tertiary/aromatic N) is 2. The second-order valence-electron chi connectivity index (χ2n) is 12.0. The summed E-state index contributed by atoms with van der Waals surface area (Å²) in [6.45, 7) is -2.18. The van der Waals surface area contributed by atoms with E-state index < -0.39 is 75.0 Å². The molecule has 0 unspecified atom stereocenters. The number of halogens is 6. The molecular weight excluding hydrogens is 707 g/mol. The molecular formula is C35H32ClF5N2O6S. The van der Waals surface area contributed by atoms with Crippen molar-refractivity contribution in [1.29, 1.82) is 0 Å². The number of sulfonamides is 1. The van der Waals surface area contributed by atoms with Crippen LogP contribution in [0.5, 0.6) is 5.75 Å². The summed E-state index contributed by atoms with van der Waals surface area (Å²) < 4.78 is 99.9. The van der Waals surface area contributed by atoms with E-state index >= 15 is 0 Å². The number of amides is 1. The number of aliphatic hydroxyl groups excluding tert-OH is 1. The zero-order chi connectivity index (χ0) is 36.3. The second-order valence-corrected chi connectivity index (χ2v) is 14.3. The van der Waals surface area contributed by atoms with Gasteiger partial charge in [0.15, 0.2) is 34.5 Å². The van der Waals surface area contributed by atoms with Crippen LogP contribution in [0.15, 0.2) is 71.6 Å². The molecule has 1 saturated carbocycles. The predicted octanol–water partition coefficient (Wildman–Crippen LogP) is 7.20. The molecule has 15 heteroatoms. The first-order valence-electron chi connectivity index (χ1n) is 15.5. The van der Waals surface area contributed by atoms with Crippen LogP contribution in [0.1, 0.15) is 66.6 Å². The Morgan fingerprint density at radius 1 is 0.800 bits per heavy atom. The van der Waals surface area contributed by atoms with Crippen molar-refractivity contribution in [1.82, 2.24) is 4.31 Å². The Hall–Kier alpha value is -4.08. The van der Waals surface area contributed by atoms with Crippen LogP contribution in [0.4, 0.5) is 27.6 Å². The average Bonchev–Trinajstić information content (AvgIpc) is 3.09. The SMILES string of the molecule is O=C(CN(Cc1cccc(Cl)c1)S(=O)(=O)c1c(F)c(F)c(F)c(F)c1F)N(Cc1ccc(C2CCCCC2)cc1)c1ccc(C(O)O)c(O)c1. The molecule has 4 aromatic carbocycles. The molecule has 3 N–H and O–H groups in total. The summed E-state index contributed by atoms with van der Waals surface area (Å²) in [6, 6.07) is 16.3. The van der Waals surface area contributed by atoms with E-state index in [1.54, 1.807) is 12.1 Å². The molecule has 0 aliphatic heterocycles. The van der Waals surface area contributed by atoms with Crippen LogP contribution in [-0.4, -0.2) is 40.5 Å². The Morgan fingerprint density at radius 3 is 2.00 bits per heavy atom. The Balaban J connectivity index is 1.56. The monoisotopic (exact) mass is 738 g/mol. The zero-order valence-electron chi connectivity index (χ0n) is 26.3. The first kappa shape index (κ1) is 37.2. The van der Waals surface area contributed by atoms with E-state index in [0.29, 0.717) is 11.5 Å². The maximum Gasteiger partial charge on any atom is 0.249 e. The van der Waals surface area contributed by atoms with Crippen molar-refractivity contribution in [3.05, 3.63) is 123 Å². The van der Waals surface area contributed by atoms with Crippen molar-refractivity contribution in [2.45, 2.75) is 62.3 Å². The molecule has 0 saturated heterocycles. The van der Waals surface area contributed by atoms with E-state index in [2.05, 4.69) is 0 Å². The van der Waals surface area contributed by atoms with Gasteiger partial charge in [0.25, 0.3) is 0 Å². The molecule has 0 heterocycles. The van der Waals surface area contributed by atoms with E-state index in [4.69, 9.17) is 11.6 Å². The van der Waals surface area contributed by atoms with Crippen molar-refractivity contribution >= 4 is 33.2 Å². The van der Waals surface area contributed by atoms with Crippen molar-refractivity contribution < 1.29 is 50.5 Å². The van der Waals surface area contributed by atoms with Gasteiger partial charge < -0.3 is 20.2 Å². The summed E-state index contributed by atoms with van der Waals surface area (Å²) in [4.78, 5) is 13.0. The van der Waals surface area contributed by atoms with Crippen LogP contribution < -0.4 is 4.90 Å². The van der Waals surface area contributed by atoms with Gasteiger partial charge in [-0.2, -0.15) is 4.31 Å². The molecule has 8 nitrogen and oxygen atoms in total. The van der Waals surface area contributed by atoms with Crippen LogP contribution in [0.3, 0.4) is 0 Å². The molecule has 1 amide bonds. The van der Waals surface area contributed by atoms with Gasteiger partial charge in [-0.3, -0.25) is 4.79 Å². The molecule has 50 heavy (non-hydrogen) atoms. The maximum atomic E-state index is 14.9. The molecule has 0 bridgehead atoms. The first-order valence-corrected chi connectivity index (χ1v) is 17.3. The van der Waals surface area contributed by atoms with Crippen LogP contribution in [0.25, 0.3) is 0 Å². The third kappa shape index (κ3) is 7.94. The second kappa shape index (κ2) is 15.4. The summed E-state index contributed by atoms with van der Waals surface area (Å²) in [5.74, 6) is -14.0. The number of phenols is 1. The lowest BCUT2D eigenvalue weighted by Crippen LogP contribution is -2.43. The number of hydrogen-bond acceptors (Lipinski definition) is 6. The summed E-state index contributed by atoms with van der Waals surface area (Å²) in [5.41, 5.74) is 1.44. The van der Waals surface area contributed by atoms with Crippen molar-refractivity contribution in [3.8, 4) is 5.75 Å². The van der Waals surface area contributed by atoms with Gasteiger partial charge in [0, 0.05) is 28.9 Å². The fraction of sp³-hybridized carbons (Fsp3) is 0.286. The number of benzene rings is 4. The van der Waals surface area contributed by atoms with E-state index in [1.807, 2.05) is 12.1 Å². The normalized spacial score (nSPS) is 14.0. The van der Waals surface area contributed by atoms with Crippen LogP contribution in [0, 0.1) is 29.1 Å². The molecule has 0 atom stereocenters. The number of aromatic hydroxyl groups is 1. The molecule has 0 spiro atoms. The smallest absolute Gasteiger partial charge is 0.249 e. The van der Waals surface area contributed by atoms with Gasteiger partial charge in [-0.1, -0.05) is 67.3 Å². The third-order valence-electron chi connectivity index (χ3n) is 8.63. The Kier molecular flexibility index (Phi) is 11.5. The van der Waals surface area contributed by atoms with Gasteiger partial charge in [0.2, 0.25) is 21.7 Å². The van der Waals surface area contributed by atoms with E-state index in [-0.39, 0.29) is 32.7 Å². The average molecular weight is 739 g/mol. The van der Waals surface area contributed by atoms with E-state index in [1.165, 1.54) is 36.8 Å². The fourth-order valence-electron chi connectivity index (χ4n) is 6.00.